The fraction of sp³-hybridized carbons (Fsp3) is 0.300. The van der Waals surface area contributed by atoms with Gasteiger partial charge in [-0.2, -0.15) is 0 Å². The van der Waals surface area contributed by atoms with Crippen LogP contribution in [0.5, 0.6) is 0 Å². The summed E-state index contributed by atoms with van der Waals surface area (Å²) in [7, 11) is 0. The number of aliphatic carboxylic acids is 1. The van der Waals surface area contributed by atoms with Crippen LogP contribution in [0.2, 0.25) is 0 Å². The third-order valence-corrected chi connectivity index (χ3v) is 1.44. The van der Waals surface area contributed by atoms with Crippen LogP contribution in [0.1, 0.15) is 6.42 Å². The zero-order valence-corrected chi connectivity index (χ0v) is 7.62. The summed E-state index contributed by atoms with van der Waals surface area (Å²) in [6, 6.07) is 0. The molecule has 13 heavy (non-hydrogen) atoms. The summed E-state index contributed by atoms with van der Waals surface area (Å²) in [5, 5.41) is 11.3. The van der Waals surface area contributed by atoms with Crippen LogP contribution in [0, 0.1) is 0 Å². The SMILES string of the molecule is C=CC=C(C=C)CNCCC(=O)O. The third-order valence-electron chi connectivity index (χ3n) is 1.44. The van der Waals surface area contributed by atoms with Crippen molar-refractivity contribution in [3.63, 3.8) is 0 Å². The Labute approximate surface area is 78.5 Å². The molecule has 0 rings (SSSR count). The van der Waals surface area contributed by atoms with E-state index < -0.39 is 5.97 Å². The first-order chi connectivity index (χ1) is 6.20. The van der Waals surface area contributed by atoms with Crippen molar-refractivity contribution in [2.45, 2.75) is 6.42 Å². The van der Waals surface area contributed by atoms with E-state index in [-0.39, 0.29) is 6.42 Å². The minimum Gasteiger partial charge on any atom is -0.481 e. The van der Waals surface area contributed by atoms with Crippen molar-refractivity contribution in [1.82, 2.24) is 5.32 Å². The molecule has 0 spiro atoms. The lowest BCUT2D eigenvalue weighted by Crippen LogP contribution is -2.20. The average molecular weight is 181 g/mol. The second kappa shape index (κ2) is 7.31. The molecule has 0 aliphatic rings. The molecule has 3 nitrogen and oxygen atoms in total. The lowest BCUT2D eigenvalue weighted by atomic mass is 10.2. The van der Waals surface area contributed by atoms with E-state index in [0.717, 1.165) is 5.57 Å². The molecule has 0 amide bonds. The van der Waals surface area contributed by atoms with Gasteiger partial charge in [-0.05, 0) is 5.57 Å². The molecule has 2 N–H and O–H groups in total. The second-order valence-electron chi connectivity index (χ2n) is 2.50. The molecule has 0 aromatic heterocycles. The summed E-state index contributed by atoms with van der Waals surface area (Å²) in [4.78, 5) is 10.1. The van der Waals surface area contributed by atoms with E-state index in [1.807, 2.05) is 6.08 Å². The Bertz CT molecular complexity index is 219. The van der Waals surface area contributed by atoms with Gasteiger partial charge in [-0.3, -0.25) is 4.79 Å². The molecule has 0 saturated carbocycles. The molecule has 3 heteroatoms. The maximum absolute atomic E-state index is 10.1. The van der Waals surface area contributed by atoms with Gasteiger partial charge in [-0.1, -0.05) is 31.4 Å². The Morgan fingerprint density at radius 3 is 2.62 bits per heavy atom. The van der Waals surface area contributed by atoms with E-state index in [1.165, 1.54) is 0 Å². The summed E-state index contributed by atoms with van der Waals surface area (Å²) in [5.41, 5.74) is 1.00. The van der Waals surface area contributed by atoms with Gasteiger partial charge in [0.25, 0.3) is 0 Å². The number of hydrogen-bond acceptors (Lipinski definition) is 2. The van der Waals surface area contributed by atoms with Crippen LogP contribution in [-0.2, 0) is 4.79 Å². The predicted molar refractivity (Wildman–Crippen MR) is 53.6 cm³/mol. The standard InChI is InChI=1S/C10H15NO2/c1-3-5-9(4-2)8-11-7-6-10(12)13/h3-5,11H,1-2,6-8H2,(H,12,13). The minimum atomic E-state index is -0.791. The molecule has 72 valence electrons. The Morgan fingerprint density at radius 1 is 1.46 bits per heavy atom. The molecular formula is C10H15NO2. The summed E-state index contributed by atoms with van der Waals surface area (Å²) < 4.78 is 0. The van der Waals surface area contributed by atoms with Crippen LogP contribution in [0.15, 0.2) is 37.0 Å². The van der Waals surface area contributed by atoms with Crippen molar-refractivity contribution in [1.29, 1.82) is 0 Å². The molecule has 0 aromatic carbocycles. The highest BCUT2D eigenvalue weighted by atomic mass is 16.4. The van der Waals surface area contributed by atoms with Gasteiger partial charge in [-0.15, -0.1) is 0 Å². The zero-order chi connectivity index (χ0) is 10.1. The molecule has 0 fully saturated rings. The van der Waals surface area contributed by atoms with E-state index in [1.54, 1.807) is 12.2 Å². The molecule has 0 unspecified atom stereocenters. The number of carbonyl (C=O) groups is 1. The molecule has 0 heterocycles. The molecule has 0 aromatic rings. The van der Waals surface area contributed by atoms with Gasteiger partial charge in [0.1, 0.15) is 0 Å². The second-order valence-corrected chi connectivity index (χ2v) is 2.50. The van der Waals surface area contributed by atoms with Crippen LogP contribution < -0.4 is 5.32 Å². The fourth-order valence-electron chi connectivity index (χ4n) is 0.779. The van der Waals surface area contributed by atoms with Gasteiger partial charge in [-0.25, -0.2) is 0 Å². The Kier molecular flexibility index (Phi) is 6.55. The normalized spacial score (nSPS) is 10.9. The van der Waals surface area contributed by atoms with Gasteiger partial charge >= 0.3 is 5.97 Å². The lowest BCUT2D eigenvalue weighted by molar-refractivity contribution is -0.136. The van der Waals surface area contributed by atoms with Crippen LogP contribution in [0.3, 0.4) is 0 Å². The monoisotopic (exact) mass is 181 g/mol. The minimum absolute atomic E-state index is 0.137. The maximum atomic E-state index is 10.1. The summed E-state index contributed by atoms with van der Waals surface area (Å²) in [5.74, 6) is -0.791. The van der Waals surface area contributed by atoms with E-state index in [9.17, 15) is 4.79 Å². The van der Waals surface area contributed by atoms with Gasteiger partial charge in [0.05, 0.1) is 6.42 Å². The molecule has 0 bridgehead atoms. The Hall–Kier alpha value is -1.35. The largest absolute Gasteiger partial charge is 0.481 e. The van der Waals surface area contributed by atoms with Gasteiger partial charge < -0.3 is 10.4 Å². The van der Waals surface area contributed by atoms with Crippen LogP contribution in [-0.4, -0.2) is 24.2 Å². The number of rotatable bonds is 7. The number of allylic oxidation sites excluding steroid dienone is 2. The molecule has 0 atom stereocenters. The third kappa shape index (κ3) is 7.03. The smallest absolute Gasteiger partial charge is 0.304 e. The van der Waals surface area contributed by atoms with Gasteiger partial charge in [0.2, 0.25) is 0 Å². The number of hydrogen-bond donors (Lipinski definition) is 2. The van der Waals surface area contributed by atoms with E-state index in [2.05, 4.69) is 18.5 Å². The number of nitrogens with one attached hydrogen (secondary N) is 1. The topological polar surface area (TPSA) is 49.3 Å². The highest BCUT2D eigenvalue weighted by Crippen LogP contribution is 1.93. The quantitative estimate of drug-likeness (QED) is 0.460. The van der Waals surface area contributed by atoms with Crippen LogP contribution in [0.4, 0.5) is 0 Å². The van der Waals surface area contributed by atoms with Crippen molar-refractivity contribution >= 4 is 5.97 Å². The van der Waals surface area contributed by atoms with Crippen molar-refractivity contribution in [2.24, 2.45) is 0 Å². The zero-order valence-electron chi connectivity index (χ0n) is 7.62. The van der Waals surface area contributed by atoms with Crippen molar-refractivity contribution in [3.8, 4) is 0 Å². The highest BCUT2D eigenvalue weighted by molar-refractivity contribution is 5.66. The van der Waals surface area contributed by atoms with Crippen molar-refractivity contribution in [3.05, 3.63) is 37.0 Å². The first kappa shape index (κ1) is 11.6. The van der Waals surface area contributed by atoms with Crippen LogP contribution >= 0.6 is 0 Å². The maximum Gasteiger partial charge on any atom is 0.304 e. The first-order valence-electron chi connectivity index (χ1n) is 4.07. The van der Waals surface area contributed by atoms with E-state index in [0.29, 0.717) is 13.1 Å². The van der Waals surface area contributed by atoms with Crippen LogP contribution in [0.25, 0.3) is 0 Å². The van der Waals surface area contributed by atoms with E-state index in [4.69, 9.17) is 5.11 Å². The summed E-state index contributed by atoms with van der Waals surface area (Å²) in [6.07, 6.45) is 5.37. The summed E-state index contributed by atoms with van der Waals surface area (Å²) >= 11 is 0. The molecular weight excluding hydrogens is 166 g/mol. The Morgan fingerprint density at radius 2 is 2.15 bits per heavy atom. The molecule has 0 radical (unpaired) electrons. The Balaban J connectivity index is 3.61. The van der Waals surface area contributed by atoms with Gasteiger partial charge in [0.15, 0.2) is 0 Å². The fourth-order valence-corrected chi connectivity index (χ4v) is 0.779. The average Bonchev–Trinajstić information content (AvgIpc) is 2.10. The lowest BCUT2D eigenvalue weighted by Gasteiger charge is -2.02. The highest BCUT2D eigenvalue weighted by Gasteiger charge is 1.95. The first-order valence-corrected chi connectivity index (χ1v) is 4.07. The number of carboxylic acid groups (broad SMARTS) is 1. The van der Waals surface area contributed by atoms with E-state index >= 15 is 0 Å². The predicted octanol–water partition coefficient (Wildman–Crippen LogP) is 1.35. The van der Waals surface area contributed by atoms with Crippen molar-refractivity contribution in [2.75, 3.05) is 13.1 Å². The van der Waals surface area contributed by atoms with Gasteiger partial charge in [0, 0.05) is 13.1 Å². The molecule has 0 saturated heterocycles. The molecule has 0 aliphatic carbocycles. The summed E-state index contributed by atoms with van der Waals surface area (Å²) in [6.45, 7) is 8.28. The van der Waals surface area contributed by atoms with Crippen molar-refractivity contribution < 1.29 is 9.90 Å². The number of carboxylic acids is 1. The molecule has 0 aliphatic heterocycles.